The van der Waals surface area contributed by atoms with Crippen LogP contribution in [0.1, 0.15) is 22.4 Å². The van der Waals surface area contributed by atoms with Gasteiger partial charge in [0, 0.05) is 11.3 Å². The van der Waals surface area contributed by atoms with Crippen LogP contribution in [-0.2, 0) is 11.2 Å². The molecule has 31 heavy (non-hydrogen) atoms. The van der Waals surface area contributed by atoms with Crippen molar-refractivity contribution in [2.45, 2.75) is 13.3 Å². The van der Waals surface area contributed by atoms with E-state index < -0.39 is 0 Å². The second kappa shape index (κ2) is 9.09. The Morgan fingerprint density at radius 2 is 1.48 bits per heavy atom. The van der Waals surface area contributed by atoms with Crippen molar-refractivity contribution in [1.29, 1.82) is 0 Å². The Kier molecular flexibility index (Phi) is 5.89. The lowest BCUT2D eigenvalue weighted by Crippen LogP contribution is -2.26. The molecule has 0 saturated carbocycles. The van der Waals surface area contributed by atoms with Gasteiger partial charge in [-0.05, 0) is 24.6 Å². The monoisotopic (exact) mass is 410 g/mol. The SMILES string of the molecule is Cc1[nH]n(-c2ccccc2)c(=O)c1/C(=N/NC(=O)Cc1ccccc1)c1ccccc1. The number of hydrazone groups is 1. The molecule has 154 valence electrons. The van der Waals surface area contributed by atoms with Crippen molar-refractivity contribution in [2.75, 3.05) is 0 Å². The van der Waals surface area contributed by atoms with Gasteiger partial charge in [0.25, 0.3) is 5.56 Å². The molecule has 0 atom stereocenters. The maximum atomic E-state index is 13.3. The van der Waals surface area contributed by atoms with Crippen molar-refractivity contribution in [3.63, 3.8) is 0 Å². The van der Waals surface area contributed by atoms with Crippen LogP contribution in [0.2, 0.25) is 0 Å². The summed E-state index contributed by atoms with van der Waals surface area (Å²) in [4.78, 5) is 25.7. The highest BCUT2D eigenvalue weighted by Gasteiger charge is 2.20. The zero-order valence-electron chi connectivity index (χ0n) is 17.1. The standard InChI is InChI=1S/C25H22N4O2/c1-18-23(25(31)29(28-18)21-15-9-4-10-16-21)24(20-13-7-3-8-14-20)27-26-22(30)17-19-11-5-2-6-12-19/h2-16,28H,17H2,1H3,(H,26,30)/b27-24+. The first-order chi connectivity index (χ1) is 15.1. The maximum absolute atomic E-state index is 13.3. The van der Waals surface area contributed by atoms with Gasteiger partial charge in [0.1, 0.15) is 5.71 Å². The van der Waals surface area contributed by atoms with E-state index in [1.54, 1.807) is 0 Å². The highest BCUT2D eigenvalue weighted by Crippen LogP contribution is 2.13. The summed E-state index contributed by atoms with van der Waals surface area (Å²) >= 11 is 0. The number of carbonyl (C=O) groups excluding carboxylic acids is 1. The van der Waals surface area contributed by atoms with Crippen LogP contribution in [0.15, 0.2) is 101 Å². The fourth-order valence-electron chi connectivity index (χ4n) is 3.38. The third-order valence-corrected chi connectivity index (χ3v) is 4.87. The Hall–Kier alpha value is -4.19. The minimum atomic E-state index is -0.254. The van der Waals surface area contributed by atoms with Gasteiger partial charge in [-0.3, -0.25) is 14.7 Å². The van der Waals surface area contributed by atoms with Crippen LogP contribution in [0.25, 0.3) is 5.69 Å². The molecule has 6 nitrogen and oxygen atoms in total. The summed E-state index contributed by atoms with van der Waals surface area (Å²) in [7, 11) is 0. The highest BCUT2D eigenvalue weighted by atomic mass is 16.2. The summed E-state index contributed by atoms with van der Waals surface area (Å²) in [5, 5.41) is 7.49. The number of aromatic amines is 1. The lowest BCUT2D eigenvalue weighted by atomic mass is 10.0. The van der Waals surface area contributed by atoms with Gasteiger partial charge < -0.3 is 0 Å². The Bertz CT molecular complexity index is 1260. The number of benzene rings is 3. The average molecular weight is 410 g/mol. The fraction of sp³-hybridized carbons (Fsp3) is 0.0800. The number of nitrogens with one attached hydrogen (secondary N) is 2. The first-order valence-electron chi connectivity index (χ1n) is 9.97. The van der Waals surface area contributed by atoms with Gasteiger partial charge in [-0.2, -0.15) is 5.10 Å². The largest absolute Gasteiger partial charge is 0.295 e. The van der Waals surface area contributed by atoms with Crippen LogP contribution in [0.3, 0.4) is 0 Å². The van der Waals surface area contributed by atoms with E-state index in [1.165, 1.54) is 4.68 Å². The summed E-state index contributed by atoms with van der Waals surface area (Å²) in [6.07, 6.45) is 0.201. The molecule has 1 aromatic heterocycles. The van der Waals surface area contributed by atoms with E-state index in [0.29, 0.717) is 17.0 Å². The quantitative estimate of drug-likeness (QED) is 0.376. The summed E-state index contributed by atoms with van der Waals surface area (Å²) < 4.78 is 1.48. The van der Waals surface area contributed by atoms with Crippen molar-refractivity contribution in [1.82, 2.24) is 15.2 Å². The molecule has 0 aliphatic carbocycles. The predicted octanol–water partition coefficient (Wildman–Crippen LogP) is 3.59. The minimum absolute atomic E-state index is 0.201. The zero-order chi connectivity index (χ0) is 21.6. The molecule has 3 aromatic carbocycles. The number of H-pyrrole nitrogens is 1. The predicted molar refractivity (Wildman–Crippen MR) is 121 cm³/mol. The number of hydrogen-bond donors (Lipinski definition) is 2. The van der Waals surface area contributed by atoms with Crippen molar-refractivity contribution < 1.29 is 4.79 Å². The van der Waals surface area contributed by atoms with Crippen molar-refractivity contribution in [3.05, 3.63) is 124 Å². The number of aromatic nitrogens is 2. The van der Waals surface area contributed by atoms with E-state index in [2.05, 4.69) is 15.6 Å². The molecular weight excluding hydrogens is 388 g/mol. The van der Waals surface area contributed by atoms with Crippen LogP contribution < -0.4 is 11.0 Å². The minimum Gasteiger partial charge on any atom is -0.295 e. The van der Waals surface area contributed by atoms with Crippen LogP contribution in [0, 0.1) is 6.92 Å². The molecule has 0 spiro atoms. The smallest absolute Gasteiger partial charge is 0.281 e. The molecule has 1 heterocycles. The van der Waals surface area contributed by atoms with Gasteiger partial charge in [-0.25, -0.2) is 10.1 Å². The fourth-order valence-corrected chi connectivity index (χ4v) is 3.38. The normalized spacial score (nSPS) is 11.3. The van der Waals surface area contributed by atoms with Crippen molar-refractivity contribution >= 4 is 11.6 Å². The number of para-hydroxylation sites is 1. The lowest BCUT2D eigenvalue weighted by molar-refractivity contribution is -0.120. The van der Waals surface area contributed by atoms with E-state index in [4.69, 9.17) is 0 Å². The van der Waals surface area contributed by atoms with Gasteiger partial charge in [0.05, 0.1) is 17.7 Å². The molecule has 0 aliphatic rings. The summed E-state index contributed by atoms with van der Waals surface area (Å²) in [5.41, 5.74) is 6.22. The topological polar surface area (TPSA) is 79.2 Å². The van der Waals surface area contributed by atoms with Crippen LogP contribution in [0.4, 0.5) is 0 Å². The number of aryl methyl sites for hydroxylation is 1. The first-order valence-corrected chi connectivity index (χ1v) is 9.97. The molecule has 0 aliphatic heterocycles. The number of hydrogen-bond acceptors (Lipinski definition) is 3. The molecule has 2 N–H and O–H groups in total. The van der Waals surface area contributed by atoms with Crippen LogP contribution in [-0.4, -0.2) is 21.4 Å². The third kappa shape index (κ3) is 4.53. The molecule has 1 amide bonds. The molecular formula is C25H22N4O2. The Balaban J connectivity index is 1.72. The van der Waals surface area contributed by atoms with E-state index in [-0.39, 0.29) is 17.9 Å². The zero-order valence-corrected chi connectivity index (χ0v) is 17.1. The second-order valence-electron chi connectivity index (χ2n) is 7.11. The Morgan fingerprint density at radius 1 is 0.903 bits per heavy atom. The molecule has 0 saturated heterocycles. The lowest BCUT2D eigenvalue weighted by Gasteiger charge is -2.07. The van der Waals surface area contributed by atoms with Gasteiger partial charge in [-0.1, -0.05) is 78.9 Å². The Morgan fingerprint density at radius 3 is 2.13 bits per heavy atom. The number of carbonyl (C=O) groups is 1. The molecule has 0 bridgehead atoms. The number of amides is 1. The van der Waals surface area contributed by atoms with E-state index in [9.17, 15) is 9.59 Å². The Labute approximate surface area is 179 Å². The first kappa shape index (κ1) is 20.1. The summed E-state index contributed by atoms with van der Waals surface area (Å²) in [5.74, 6) is -0.254. The van der Waals surface area contributed by atoms with Crippen molar-refractivity contribution in [3.8, 4) is 5.69 Å². The third-order valence-electron chi connectivity index (χ3n) is 4.87. The molecule has 0 fully saturated rings. The van der Waals surface area contributed by atoms with Gasteiger partial charge >= 0.3 is 0 Å². The number of rotatable bonds is 6. The van der Waals surface area contributed by atoms with E-state index in [1.807, 2.05) is 97.9 Å². The van der Waals surface area contributed by atoms with Gasteiger partial charge in [0.2, 0.25) is 5.91 Å². The summed E-state index contributed by atoms with van der Waals surface area (Å²) in [6, 6.07) is 28.1. The average Bonchev–Trinajstić information content (AvgIpc) is 3.10. The molecule has 6 heteroatoms. The number of nitrogens with zero attached hydrogens (tertiary/aromatic N) is 2. The van der Waals surface area contributed by atoms with E-state index >= 15 is 0 Å². The van der Waals surface area contributed by atoms with Gasteiger partial charge in [-0.15, -0.1) is 0 Å². The highest BCUT2D eigenvalue weighted by molar-refractivity contribution is 6.13. The molecule has 4 rings (SSSR count). The molecule has 0 unspecified atom stereocenters. The summed E-state index contributed by atoms with van der Waals surface area (Å²) in [6.45, 7) is 1.82. The molecule has 4 aromatic rings. The van der Waals surface area contributed by atoms with Crippen LogP contribution in [0.5, 0.6) is 0 Å². The van der Waals surface area contributed by atoms with E-state index in [0.717, 1.165) is 16.8 Å². The molecule has 0 radical (unpaired) electrons. The van der Waals surface area contributed by atoms with Crippen molar-refractivity contribution in [2.24, 2.45) is 5.10 Å². The second-order valence-corrected chi connectivity index (χ2v) is 7.11. The van der Waals surface area contributed by atoms with Crippen LogP contribution >= 0.6 is 0 Å². The maximum Gasteiger partial charge on any atom is 0.281 e. The van der Waals surface area contributed by atoms with Gasteiger partial charge in [0.15, 0.2) is 0 Å².